The summed E-state index contributed by atoms with van der Waals surface area (Å²) in [6.45, 7) is 6.97. The van der Waals surface area contributed by atoms with Crippen molar-refractivity contribution in [3.63, 3.8) is 0 Å². The molecule has 0 aliphatic carbocycles. The van der Waals surface area contributed by atoms with Crippen molar-refractivity contribution in [2.24, 2.45) is 0 Å². The van der Waals surface area contributed by atoms with E-state index in [2.05, 4.69) is 10.3 Å². The topological polar surface area (TPSA) is 107 Å². The van der Waals surface area contributed by atoms with Gasteiger partial charge in [-0.05, 0) is 20.8 Å². The van der Waals surface area contributed by atoms with Crippen LogP contribution in [-0.4, -0.2) is 68.5 Å². The Morgan fingerprint density at radius 1 is 1.50 bits per heavy atom. The normalized spacial score (nSPS) is 19.0. The molecule has 2 heterocycles. The van der Waals surface area contributed by atoms with E-state index in [4.69, 9.17) is 14.6 Å². The minimum atomic E-state index is -1.13. The molecule has 1 aromatic heterocycles. The lowest BCUT2D eigenvalue weighted by atomic mass is 10.2. The van der Waals surface area contributed by atoms with Gasteiger partial charge in [-0.25, -0.2) is 14.3 Å². The summed E-state index contributed by atoms with van der Waals surface area (Å²) in [5, 5.41) is 16.1. The predicted molar refractivity (Wildman–Crippen MR) is 74.5 cm³/mol. The molecule has 1 unspecified atom stereocenters. The van der Waals surface area contributed by atoms with Crippen LogP contribution in [-0.2, 0) is 16.0 Å². The van der Waals surface area contributed by atoms with Gasteiger partial charge in [-0.2, -0.15) is 0 Å². The van der Waals surface area contributed by atoms with Crippen LogP contribution in [0.4, 0.5) is 4.79 Å². The van der Waals surface area contributed by atoms with Crippen molar-refractivity contribution >= 4 is 12.1 Å². The van der Waals surface area contributed by atoms with Gasteiger partial charge in [0, 0.05) is 6.54 Å². The lowest BCUT2D eigenvalue weighted by Gasteiger charge is -2.34. The van der Waals surface area contributed by atoms with Crippen LogP contribution >= 0.6 is 0 Å². The Labute approximate surface area is 127 Å². The molecule has 1 aromatic rings. The van der Waals surface area contributed by atoms with E-state index in [0.29, 0.717) is 26.2 Å². The minimum absolute atomic E-state index is 0.125. The second-order valence-corrected chi connectivity index (χ2v) is 6.05. The van der Waals surface area contributed by atoms with Crippen LogP contribution in [0.3, 0.4) is 0 Å². The van der Waals surface area contributed by atoms with Crippen LogP contribution < -0.4 is 0 Å². The lowest BCUT2D eigenvalue weighted by Crippen LogP contribution is -2.48. The molecule has 0 aromatic carbocycles. The molecule has 2 rings (SSSR count). The van der Waals surface area contributed by atoms with E-state index in [1.54, 1.807) is 4.90 Å². The van der Waals surface area contributed by atoms with Crippen molar-refractivity contribution in [3.8, 4) is 0 Å². The number of carbonyl (C=O) groups is 2. The number of hydrogen-bond acceptors (Lipinski definition) is 6. The molecular formula is C13H20N4O5. The molecule has 1 fully saturated rings. The van der Waals surface area contributed by atoms with Gasteiger partial charge in [0.25, 0.3) is 0 Å². The summed E-state index contributed by atoms with van der Waals surface area (Å²) < 4.78 is 12.3. The highest BCUT2D eigenvalue weighted by Crippen LogP contribution is 2.14. The monoisotopic (exact) mass is 312 g/mol. The summed E-state index contributed by atoms with van der Waals surface area (Å²) in [6.07, 6.45) is 0.660. The van der Waals surface area contributed by atoms with Crippen molar-refractivity contribution in [2.75, 3.05) is 19.7 Å². The van der Waals surface area contributed by atoms with Crippen LogP contribution in [0.5, 0.6) is 0 Å². The molecule has 0 saturated carbocycles. The molecule has 0 spiro atoms. The van der Waals surface area contributed by atoms with Crippen molar-refractivity contribution < 1.29 is 24.2 Å². The van der Waals surface area contributed by atoms with E-state index >= 15 is 0 Å². The van der Waals surface area contributed by atoms with Gasteiger partial charge in [0.2, 0.25) is 0 Å². The highest BCUT2D eigenvalue weighted by atomic mass is 16.6. The van der Waals surface area contributed by atoms with E-state index < -0.39 is 11.6 Å². The number of rotatable bonds is 3. The third-order valence-electron chi connectivity index (χ3n) is 2.94. The number of nitrogens with zero attached hydrogens (tertiary/aromatic N) is 4. The van der Waals surface area contributed by atoms with Crippen molar-refractivity contribution in [1.29, 1.82) is 0 Å². The molecule has 1 aliphatic heterocycles. The first-order valence-electron chi connectivity index (χ1n) is 6.97. The van der Waals surface area contributed by atoms with E-state index in [-0.39, 0.29) is 17.9 Å². The van der Waals surface area contributed by atoms with E-state index in [1.165, 1.54) is 10.9 Å². The smallest absolute Gasteiger partial charge is 0.410 e. The predicted octanol–water partition coefficient (Wildman–Crippen LogP) is 0.612. The van der Waals surface area contributed by atoms with Gasteiger partial charge in [0.05, 0.1) is 32.0 Å². The summed E-state index contributed by atoms with van der Waals surface area (Å²) >= 11 is 0. The van der Waals surface area contributed by atoms with E-state index in [9.17, 15) is 9.59 Å². The van der Waals surface area contributed by atoms with E-state index in [1.807, 2.05) is 20.8 Å². The highest BCUT2D eigenvalue weighted by molar-refractivity contribution is 5.84. The molecule has 0 radical (unpaired) electrons. The Kier molecular flexibility index (Phi) is 4.65. The van der Waals surface area contributed by atoms with Gasteiger partial charge in [-0.15, -0.1) is 5.10 Å². The summed E-state index contributed by atoms with van der Waals surface area (Å²) in [4.78, 5) is 24.4. The summed E-state index contributed by atoms with van der Waals surface area (Å²) in [7, 11) is 0. The average Bonchev–Trinajstić information content (AvgIpc) is 2.86. The van der Waals surface area contributed by atoms with Crippen molar-refractivity contribution in [3.05, 3.63) is 11.9 Å². The fraction of sp³-hybridized carbons (Fsp3) is 0.692. The number of amides is 1. The number of morpholine rings is 1. The molecule has 1 atom stereocenters. The van der Waals surface area contributed by atoms with Gasteiger partial charge in [-0.1, -0.05) is 5.21 Å². The Morgan fingerprint density at radius 3 is 2.82 bits per heavy atom. The Hall–Kier alpha value is -2.16. The Bertz CT molecular complexity index is 551. The molecule has 1 aliphatic rings. The molecule has 0 bridgehead atoms. The van der Waals surface area contributed by atoms with Crippen LogP contribution in [0.25, 0.3) is 0 Å². The number of carbonyl (C=O) groups excluding carboxylic acids is 1. The first-order chi connectivity index (χ1) is 10.2. The minimum Gasteiger partial charge on any atom is -0.476 e. The fourth-order valence-corrected chi connectivity index (χ4v) is 2.02. The van der Waals surface area contributed by atoms with Gasteiger partial charge in [0.15, 0.2) is 5.69 Å². The van der Waals surface area contributed by atoms with Crippen LogP contribution in [0.2, 0.25) is 0 Å². The van der Waals surface area contributed by atoms with Crippen LogP contribution in [0.15, 0.2) is 6.20 Å². The molecule has 122 valence electrons. The zero-order valence-electron chi connectivity index (χ0n) is 12.9. The SMILES string of the molecule is CC(C)(C)OC(=O)N1CCOC(Cn2cc(C(=O)O)nn2)C1. The Morgan fingerprint density at radius 2 is 2.23 bits per heavy atom. The zero-order valence-corrected chi connectivity index (χ0v) is 12.9. The largest absolute Gasteiger partial charge is 0.476 e. The van der Waals surface area contributed by atoms with Gasteiger partial charge in [-0.3, -0.25) is 0 Å². The third-order valence-corrected chi connectivity index (χ3v) is 2.94. The summed E-state index contributed by atoms with van der Waals surface area (Å²) in [6, 6.07) is 0. The van der Waals surface area contributed by atoms with Gasteiger partial charge >= 0.3 is 12.1 Å². The van der Waals surface area contributed by atoms with Crippen molar-refractivity contribution in [1.82, 2.24) is 19.9 Å². The molecule has 9 nitrogen and oxygen atoms in total. The zero-order chi connectivity index (χ0) is 16.3. The third kappa shape index (κ3) is 4.42. The summed E-state index contributed by atoms with van der Waals surface area (Å²) in [5.74, 6) is -1.13. The second kappa shape index (κ2) is 6.30. The quantitative estimate of drug-likeness (QED) is 0.871. The number of carboxylic acid groups (broad SMARTS) is 1. The number of carboxylic acids is 1. The first-order valence-corrected chi connectivity index (χ1v) is 6.97. The fourth-order valence-electron chi connectivity index (χ4n) is 2.02. The second-order valence-electron chi connectivity index (χ2n) is 6.05. The molecule has 9 heteroatoms. The molecule has 1 amide bonds. The maximum Gasteiger partial charge on any atom is 0.410 e. The average molecular weight is 312 g/mol. The molecular weight excluding hydrogens is 292 g/mol. The number of aromatic nitrogens is 3. The van der Waals surface area contributed by atoms with E-state index in [0.717, 1.165) is 0 Å². The number of ether oxygens (including phenoxy) is 2. The highest BCUT2D eigenvalue weighted by Gasteiger charge is 2.28. The molecule has 1 saturated heterocycles. The first kappa shape index (κ1) is 16.2. The molecule has 1 N–H and O–H groups in total. The van der Waals surface area contributed by atoms with Crippen molar-refractivity contribution in [2.45, 2.75) is 39.0 Å². The maximum absolute atomic E-state index is 12.0. The van der Waals surface area contributed by atoms with Crippen LogP contribution in [0, 0.1) is 0 Å². The number of hydrogen-bond donors (Lipinski definition) is 1. The standard InChI is InChI=1S/C13H20N4O5/c1-13(2,3)22-12(20)16-4-5-21-9(6-16)7-17-8-10(11(18)19)14-15-17/h8-9H,4-7H2,1-3H3,(H,18,19). The Balaban J connectivity index is 1.92. The summed E-state index contributed by atoms with van der Waals surface area (Å²) in [5.41, 5.74) is -0.674. The maximum atomic E-state index is 12.0. The number of aromatic carboxylic acids is 1. The van der Waals surface area contributed by atoms with Gasteiger partial charge < -0.3 is 19.5 Å². The van der Waals surface area contributed by atoms with Crippen LogP contribution in [0.1, 0.15) is 31.3 Å². The van der Waals surface area contributed by atoms with Gasteiger partial charge in [0.1, 0.15) is 5.60 Å². The molecule has 22 heavy (non-hydrogen) atoms. The lowest BCUT2D eigenvalue weighted by molar-refractivity contribution is -0.0484.